The average molecular weight is 1140 g/mol. The molecule has 2 aliphatic rings. The number of ether oxygens (including phenoxy) is 8. The van der Waals surface area contributed by atoms with Gasteiger partial charge in [-0.3, -0.25) is 14.9 Å². The molecule has 1 fully saturated rings. The third-order valence-corrected chi connectivity index (χ3v) is 12.1. The number of non-ortho nitro benzene ring substituents is 1. The zero-order valence-corrected chi connectivity index (χ0v) is 49.1. The number of likely N-dealkylation sites (N-methyl/N-ethyl adjacent to an activating group) is 1. The van der Waals surface area contributed by atoms with Crippen LogP contribution in [0.1, 0.15) is 108 Å². The Morgan fingerprint density at radius 1 is 0.825 bits per heavy atom. The number of benzene rings is 1. The summed E-state index contributed by atoms with van der Waals surface area (Å²) >= 11 is 0. The van der Waals surface area contributed by atoms with Gasteiger partial charge in [0.1, 0.15) is 59.7 Å². The van der Waals surface area contributed by atoms with Gasteiger partial charge in [0.2, 0.25) is 12.2 Å². The van der Waals surface area contributed by atoms with Gasteiger partial charge in [-0.25, -0.2) is 19.2 Å². The van der Waals surface area contributed by atoms with Crippen LogP contribution in [0, 0.1) is 15.5 Å². The molecule has 80 heavy (non-hydrogen) atoms. The molecule has 0 radical (unpaired) electrons. The molecule has 1 saturated carbocycles. The number of nitrogens with zero attached hydrogens (tertiary/aromatic N) is 3. The fraction of sp³-hybridized carbons (Fsp3) is 0.755. The molecule has 27 heteroatoms. The molecule has 1 aromatic rings. The molecule has 0 unspecified atom stereocenters. The van der Waals surface area contributed by atoms with Crippen molar-refractivity contribution in [2.24, 2.45) is 5.41 Å². The minimum Gasteiger partial charge on any atom is -0.466 e. The largest absolute Gasteiger partial charge is 0.466 e. The third kappa shape index (κ3) is 24.2. The predicted molar refractivity (Wildman–Crippen MR) is 290 cm³/mol. The molecule has 0 saturated heterocycles. The second kappa shape index (κ2) is 30.4. The van der Waals surface area contributed by atoms with E-state index >= 15 is 0 Å². The highest BCUT2D eigenvalue weighted by molar-refractivity contribution is 5.81. The van der Waals surface area contributed by atoms with Crippen molar-refractivity contribution in [1.29, 1.82) is 0 Å². The number of carbonyl (C=O) groups is 5. The molecule has 1 aliphatic heterocycles. The Bertz CT molecular complexity index is 2200. The van der Waals surface area contributed by atoms with E-state index in [2.05, 4.69) is 40.4 Å². The van der Waals surface area contributed by atoms with Gasteiger partial charge in [-0.2, -0.15) is 0 Å². The molecule has 3 rings (SSSR count). The Kier molecular flexibility index (Phi) is 26.1. The number of nitro benzene ring substituents is 1. The number of hydrogen-bond donors (Lipinski definition) is 9. The van der Waals surface area contributed by atoms with Gasteiger partial charge in [0.15, 0.2) is 6.29 Å². The van der Waals surface area contributed by atoms with Gasteiger partial charge in [0, 0.05) is 38.8 Å². The van der Waals surface area contributed by atoms with E-state index in [0.717, 1.165) is 4.90 Å². The summed E-state index contributed by atoms with van der Waals surface area (Å²) in [5.74, 6) is -0.774. The number of rotatable bonds is 26. The maximum Gasteiger partial charge on any atom is 0.410 e. The Balaban J connectivity index is 2.11. The van der Waals surface area contributed by atoms with Gasteiger partial charge >= 0.3 is 24.4 Å². The van der Waals surface area contributed by atoms with Gasteiger partial charge in [0.25, 0.3) is 5.69 Å². The van der Waals surface area contributed by atoms with Crippen molar-refractivity contribution in [3.8, 4) is 0 Å². The van der Waals surface area contributed by atoms with Crippen LogP contribution in [0.25, 0.3) is 0 Å². The van der Waals surface area contributed by atoms with Gasteiger partial charge < -0.3 is 94.7 Å². The number of aliphatic hydroxyl groups is 4. The molecule has 0 aromatic heterocycles. The molecule has 456 valence electrons. The number of aliphatic hydroxyl groups excluding tert-OH is 4. The second-order valence-electron chi connectivity index (χ2n) is 23.9. The lowest BCUT2D eigenvalue weighted by Gasteiger charge is -2.48. The highest BCUT2D eigenvalue weighted by Gasteiger charge is 2.51. The summed E-state index contributed by atoms with van der Waals surface area (Å²) in [6, 6.07) is 1.09. The maximum atomic E-state index is 14.0. The third-order valence-electron chi connectivity index (χ3n) is 12.1. The lowest BCUT2D eigenvalue weighted by molar-refractivity contribution is -0.384. The van der Waals surface area contributed by atoms with E-state index in [-0.39, 0.29) is 55.8 Å². The molecule has 9 N–H and O–H groups in total. The zero-order chi connectivity index (χ0) is 60.5. The topological polar surface area (TPSA) is 350 Å². The first-order valence-electron chi connectivity index (χ1n) is 26.7. The summed E-state index contributed by atoms with van der Waals surface area (Å²) in [6.45, 7) is 20.0. The van der Waals surface area contributed by atoms with Crippen molar-refractivity contribution in [3.63, 3.8) is 0 Å². The SMILES string of the molecule is C[C@@H]([C@@H](O)[C@H](OCCO)O[C@@H]1[C@@H](O)[C@H](O[C@H]2OC(CNC(=O)OCc3ccc([N+](=O)[O-])cc3)=CC[C@H]2NCC(C)(C)CN(C)C)[C@@H](NC(=O)OC(C)(C)C)C[C@H]1NC(=O)[C@@H](O)CCNC(=O)OC(C)(C)C)N(C)C(=O)OC(C)(C)C. The summed E-state index contributed by atoms with van der Waals surface area (Å²) in [7, 11) is 5.25. The van der Waals surface area contributed by atoms with Crippen LogP contribution in [0.3, 0.4) is 0 Å². The first-order valence-corrected chi connectivity index (χ1v) is 26.7. The predicted octanol–water partition coefficient (Wildman–Crippen LogP) is 3.14. The van der Waals surface area contributed by atoms with E-state index in [9.17, 15) is 54.5 Å². The van der Waals surface area contributed by atoms with Gasteiger partial charge in [0.05, 0.1) is 48.8 Å². The summed E-state index contributed by atoms with van der Waals surface area (Å²) in [5, 5.41) is 71.0. The molecule has 1 aliphatic carbocycles. The average Bonchev–Trinajstić information content (AvgIpc) is 3.34. The summed E-state index contributed by atoms with van der Waals surface area (Å²) in [6.07, 6.45) is -13.7. The number of carbonyl (C=O) groups excluding carboxylic acids is 5. The van der Waals surface area contributed by atoms with Crippen LogP contribution < -0.4 is 26.6 Å². The summed E-state index contributed by atoms with van der Waals surface area (Å²) in [5.41, 5.74) is -2.70. The van der Waals surface area contributed by atoms with Gasteiger partial charge in [-0.1, -0.05) is 13.8 Å². The standard InChI is InChI=1S/C53H90N8O19/c1-31(60(15)49(70)80-52(8,9)10)39(64)45(73-25-24-62)77-41-36(57-43(66)38(63)22-23-54-47(68)78-50(2,3)4)26-37(58-48(69)79-51(5,6)7)42(40(41)65)76-44-35(56-29-53(11,12)30-59(13)14)21-20-34(75-44)27-55-46(67)74-28-32-16-18-33(19-17-32)61(71)72/h16-20,31,35-42,44-45,56,62-65H,21-30H2,1-15H3,(H,54,68)(H,55,67)(H,57,66)(H,58,69)/t31-,35+,36+,37-,38-,39+,40+,41-,42+,44+,45+/m0/s1. The number of alkyl carbamates (subject to hydrolysis) is 3. The van der Waals surface area contributed by atoms with Crippen LogP contribution in [-0.2, 0) is 49.3 Å². The molecule has 1 aromatic carbocycles. The molecule has 5 amide bonds. The van der Waals surface area contributed by atoms with Crippen molar-refractivity contribution in [2.75, 3.05) is 60.5 Å². The Labute approximate surface area is 469 Å². The van der Waals surface area contributed by atoms with Gasteiger partial charge in [-0.05, 0) is 132 Å². The Morgan fingerprint density at radius 3 is 2.00 bits per heavy atom. The van der Waals surface area contributed by atoms with E-state index in [0.29, 0.717) is 18.7 Å². The molecule has 11 atom stereocenters. The molecule has 1 heterocycles. The van der Waals surface area contributed by atoms with Crippen molar-refractivity contribution in [2.45, 2.75) is 193 Å². The summed E-state index contributed by atoms with van der Waals surface area (Å²) in [4.78, 5) is 79.9. The Morgan fingerprint density at radius 2 is 1.43 bits per heavy atom. The van der Waals surface area contributed by atoms with Crippen molar-refractivity contribution in [3.05, 3.63) is 51.8 Å². The van der Waals surface area contributed by atoms with Crippen molar-refractivity contribution >= 4 is 36.0 Å². The van der Waals surface area contributed by atoms with E-state index in [1.54, 1.807) is 68.4 Å². The van der Waals surface area contributed by atoms with Crippen LogP contribution in [0.5, 0.6) is 0 Å². The van der Waals surface area contributed by atoms with Crippen molar-refractivity contribution < 1.29 is 87.2 Å². The van der Waals surface area contributed by atoms with Crippen molar-refractivity contribution in [1.82, 2.24) is 36.4 Å². The molecular weight excluding hydrogens is 1050 g/mol. The molecule has 0 spiro atoms. The van der Waals surface area contributed by atoms with E-state index in [1.165, 1.54) is 38.2 Å². The lowest BCUT2D eigenvalue weighted by Crippen LogP contribution is -2.68. The van der Waals surface area contributed by atoms with E-state index in [4.69, 9.17) is 37.9 Å². The van der Waals surface area contributed by atoms with E-state index in [1.807, 2.05) is 19.0 Å². The highest BCUT2D eigenvalue weighted by Crippen LogP contribution is 2.32. The first kappa shape index (κ1) is 68.6. The number of nitrogens with one attached hydrogen (secondary N) is 5. The normalized spacial score (nSPS) is 22.2. The number of amides is 5. The quantitative estimate of drug-likeness (QED) is 0.0278. The fourth-order valence-corrected chi connectivity index (χ4v) is 8.44. The minimum atomic E-state index is -1.90. The lowest BCUT2D eigenvalue weighted by atomic mass is 9.83. The van der Waals surface area contributed by atoms with E-state index < -0.39 is 132 Å². The molecule has 27 nitrogen and oxygen atoms in total. The monoisotopic (exact) mass is 1140 g/mol. The van der Waals surface area contributed by atoms with Crippen LogP contribution >= 0.6 is 0 Å². The van der Waals surface area contributed by atoms with Crippen LogP contribution in [0.15, 0.2) is 36.1 Å². The van der Waals surface area contributed by atoms with Crippen LogP contribution in [-0.4, -0.2) is 210 Å². The van der Waals surface area contributed by atoms with Gasteiger partial charge in [-0.15, -0.1) is 0 Å². The number of nitro groups is 1. The zero-order valence-electron chi connectivity index (χ0n) is 49.1. The fourth-order valence-electron chi connectivity index (χ4n) is 8.44. The first-order chi connectivity index (χ1) is 37.0. The van der Waals surface area contributed by atoms with Crippen LogP contribution in [0.2, 0.25) is 0 Å². The number of hydrogen-bond acceptors (Lipinski definition) is 21. The molecule has 0 bridgehead atoms. The smallest absolute Gasteiger partial charge is 0.410 e. The summed E-state index contributed by atoms with van der Waals surface area (Å²) < 4.78 is 47.3. The molecular formula is C53H90N8O19. The highest BCUT2D eigenvalue weighted by atomic mass is 16.7. The minimum absolute atomic E-state index is 0.129. The maximum absolute atomic E-state index is 14.0. The van der Waals surface area contributed by atoms with Crippen LogP contribution in [0.4, 0.5) is 24.9 Å². The second-order valence-corrected chi connectivity index (χ2v) is 23.9. The Hall–Kier alpha value is -5.65.